The molecule has 0 bridgehead atoms. The predicted molar refractivity (Wildman–Crippen MR) is 81.3 cm³/mol. The summed E-state index contributed by atoms with van der Waals surface area (Å²) in [7, 11) is 0. The first-order valence-corrected chi connectivity index (χ1v) is 7.09. The molecule has 0 saturated carbocycles. The van der Waals surface area contributed by atoms with Crippen molar-refractivity contribution >= 4 is 63.8 Å². The lowest BCUT2D eigenvalue weighted by molar-refractivity contribution is -0.130. The molecule has 2 aromatic rings. The van der Waals surface area contributed by atoms with E-state index >= 15 is 0 Å². The van der Waals surface area contributed by atoms with Crippen LogP contribution >= 0.6 is 46.1 Å². The second-order valence-electron chi connectivity index (χ2n) is 3.61. The van der Waals surface area contributed by atoms with Gasteiger partial charge in [-0.15, -0.1) is 11.3 Å². The number of thiophene rings is 1. The van der Waals surface area contributed by atoms with E-state index in [-0.39, 0.29) is 5.57 Å². The normalized spacial score (nSPS) is 11.6. The van der Waals surface area contributed by atoms with Crippen molar-refractivity contribution in [1.82, 2.24) is 0 Å². The lowest BCUT2D eigenvalue weighted by Crippen LogP contribution is -1.97. The maximum absolute atomic E-state index is 11.3. The van der Waals surface area contributed by atoms with Crippen LogP contribution in [0.2, 0.25) is 14.4 Å². The van der Waals surface area contributed by atoms with Crippen LogP contribution in [0.15, 0.2) is 30.3 Å². The highest BCUT2D eigenvalue weighted by Gasteiger charge is 2.14. The van der Waals surface area contributed by atoms with E-state index in [4.69, 9.17) is 34.8 Å². The quantitative estimate of drug-likeness (QED) is 0.770. The largest absolute Gasteiger partial charge is 0.478 e. The van der Waals surface area contributed by atoms with Gasteiger partial charge >= 0.3 is 5.97 Å². The third-order valence-corrected chi connectivity index (χ3v) is 4.45. The molecule has 0 amide bonds. The molecule has 1 aromatic heterocycles. The fraction of sp³-hybridized carbons (Fsp3) is 0. The van der Waals surface area contributed by atoms with E-state index in [1.54, 1.807) is 30.3 Å². The summed E-state index contributed by atoms with van der Waals surface area (Å²) in [4.78, 5) is 11.9. The van der Waals surface area contributed by atoms with Crippen LogP contribution in [0.4, 0.5) is 0 Å². The Kier molecular flexibility index (Phi) is 4.53. The van der Waals surface area contributed by atoms with Gasteiger partial charge in [-0.2, -0.15) is 0 Å². The summed E-state index contributed by atoms with van der Waals surface area (Å²) in [5.74, 6) is -1.05. The molecule has 0 aliphatic carbocycles. The van der Waals surface area contributed by atoms with Crippen molar-refractivity contribution in [2.24, 2.45) is 0 Å². The van der Waals surface area contributed by atoms with Crippen LogP contribution in [0.3, 0.4) is 0 Å². The maximum atomic E-state index is 11.3. The van der Waals surface area contributed by atoms with Gasteiger partial charge in [-0.1, -0.05) is 46.9 Å². The first-order chi connectivity index (χ1) is 8.99. The Morgan fingerprint density at radius 2 is 1.89 bits per heavy atom. The summed E-state index contributed by atoms with van der Waals surface area (Å²) in [6, 6.07) is 8.36. The Balaban J connectivity index is 2.53. The molecule has 2 nitrogen and oxygen atoms in total. The highest BCUT2D eigenvalue weighted by molar-refractivity contribution is 7.17. The summed E-state index contributed by atoms with van der Waals surface area (Å²) in [5.41, 5.74) is 0.678. The minimum atomic E-state index is -1.05. The highest BCUT2D eigenvalue weighted by Crippen LogP contribution is 2.32. The number of carbonyl (C=O) groups is 1. The number of hydrogen-bond donors (Lipinski definition) is 1. The molecule has 0 fully saturated rings. The Hall–Kier alpha value is -1.000. The minimum Gasteiger partial charge on any atom is -0.478 e. The monoisotopic (exact) mass is 332 g/mol. The third-order valence-electron chi connectivity index (χ3n) is 2.35. The Bertz CT molecular complexity index is 662. The topological polar surface area (TPSA) is 37.3 Å². The van der Waals surface area contributed by atoms with Gasteiger partial charge in [-0.05, 0) is 29.8 Å². The SMILES string of the molecule is O=C(O)/C(=C\c1cccc(Cl)c1Cl)c1ccc(Cl)s1. The summed E-state index contributed by atoms with van der Waals surface area (Å²) in [6.07, 6.45) is 1.48. The van der Waals surface area contributed by atoms with Crippen molar-refractivity contribution in [1.29, 1.82) is 0 Å². The zero-order valence-electron chi connectivity index (χ0n) is 9.36. The highest BCUT2D eigenvalue weighted by atomic mass is 35.5. The van der Waals surface area contributed by atoms with Gasteiger partial charge in [0.05, 0.1) is 20.0 Å². The summed E-state index contributed by atoms with van der Waals surface area (Å²) < 4.78 is 0.527. The van der Waals surface area contributed by atoms with Gasteiger partial charge in [-0.3, -0.25) is 0 Å². The first kappa shape index (κ1) is 14.4. The number of benzene rings is 1. The molecule has 19 heavy (non-hydrogen) atoms. The molecule has 0 atom stereocenters. The summed E-state index contributed by atoms with van der Waals surface area (Å²) in [5, 5.41) is 9.98. The molecule has 0 aliphatic rings. The average molecular weight is 334 g/mol. The van der Waals surface area contributed by atoms with Crippen LogP contribution in [-0.4, -0.2) is 11.1 Å². The molecule has 1 N–H and O–H groups in total. The Labute approximate surface area is 128 Å². The lowest BCUT2D eigenvalue weighted by atomic mass is 10.1. The third kappa shape index (κ3) is 3.31. The van der Waals surface area contributed by atoms with Crippen LogP contribution < -0.4 is 0 Å². The fourth-order valence-corrected chi connectivity index (χ4v) is 2.90. The van der Waals surface area contributed by atoms with E-state index in [0.29, 0.717) is 24.8 Å². The minimum absolute atomic E-state index is 0.126. The van der Waals surface area contributed by atoms with Crippen LogP contribution in [0.1, 0.15) is 10.4 Å². The van der Waals surface area contributed by atoms with Crippen LogP contribution in [0.5, 0.6) is 0 Å². The number of hydrogen-bond acceptors (Lipinski definition) is 2. The molecule has 1 heterocycles. The molecule has 0 aliphatic heterocycles. The first-order valence-electron chi connectivity index (χ1n) is 5.13. The van der Waals surface area contributed by atoms with Crippen molar-refractivity contribution in [2.75, 3.05) is 0 Å². The van der Waals surface area contributed by atoms with Crippen LogP contribution in [0, 0.1) is 0 Å². The van der Waals surface area contributed by atoms with Crippen molar-refractivity contribution in [2.45, 2.75) is 0 Å². The number of rotatable bonds is 3. The van der Waals surface area contributed by atoms with Crippen LogP contribution in [-0.2, 0) is 4.79 Å². The number of carboxylic acids is 1. The maximum Gasteiger partial charge on any atom is 0.337 e. The smallest absolute Gasteiger partial charge is 0.337 e. The Morgan fingerprint density at radius 3 is 2.47 bits per heavy atom. The lowest BCUT2D eigenvalue weighted by Gasteiger charge is -2.03. The van der Waals surface area contributed by atoms with E-state index < -0.39 is 5.97 Å². The molecular weight excluding hydrogens is 327 g/mol. The van der Waals surface area contributed by atoms with Crippen molar-refractivity contribution in [3.05, 3.63) is 55.2 Å². The predicted octanol–water partition coefficient (Wildman–Crippen LogP) is 5.33. The molecule has 0 unspecified atom stereocenters. The van der Waals surface area contributed by atoms with Crippen LogP contribution in [0.25, 0.3) is 11.6 Å². The molecular formula is C13H7Cl3O2S. The van der Waals surface area contributed by atoms with Gasteiger partial charge in [0.2, 0.25) is 0 Å². The fourth-order valence-electron chi connectivity index (χ4n) is 1.48. The zero-order chi connectivity index (χ0) is 14.0. The molecule has 0 spiro atoms. The van der Waals surface area contributed by atoms with Crippen molar-refractivity contribution in [3.8, 4) is 0 Å². The number of carboxylic acid groups (broad SMARTS) is 1. The zero-order valence-corrected chi connectivity index (χ0v) is 12.4. The van der Waals surface area contributed by atoms with Gasteiger partial charge in [-0.25, -0.2) is 4.79 Å². The number of aliphatic carboxylic acids is 1. The van der Waals surface area contributed by atoms with Gasteiger partial charge in [0.1, 0.15) is 0 Å². The molecule has 98 valence electrons. The van der Waals surface area contributed by atoms with Gasteiger partial charge in [0.25, 0.3) is 0 Å². The average Bonchev–Trinajstić information content (AvgIpc) is 2.77. The van der Waals surface area contributed by atoms with Crippen molar-refractivity contribution < 1.29 is 9.90 Å². The van der Waals surface area contributed by atoms with Gasteiger partial charge in [0, 0.05) is 4.88 Å². The molecule has 1 aromatic carbocycles. The van der Waals surface area contributed by atoms with E-state index in [1.165, 1.54) is 17.4 Å². The van der Waals surface area contributed by atoms with E-state index in [2.05, 4.69) is 0 Å². The summed E-state index contributed by atoms with van der Waals surface area (Å²) >= 11 is 19.0. The molecule has 0 saturated heterocycles. The molecule has 6 heteroatoms. The summed E-state index contributed by atoms with van der Waals surface area (Å²) in [6.45, 7) is 0. The molecule has 2 rings (SSSR count). The van der Waals surface area contributed by atoms with E-state index in [0.717, 1.165) is 0 Å². The Morgan fingerprint density at radius 1 is 1.16 bits per heavy atom. The van der Waals surface area contributed by atoms with Gasteiger partial charge in [0.15, 0.2) is 0 Å². The molecule has 0 radical (unpaired) electrons. The van der Waals surface area contributed by atoms with Gasteiger partial charge < -0.3 is 5.11 Å². The van der Waals surface area contributed by atoms with E-state index in [1.807, 2.05) is 0 Å². The second kappa shape index (κ2) is 5.97. The van der Waals surface area contributed by atoms with E-state index in [9.17, 15) is 9.90 Å². The number of halogens is 3. The second-order valence-corrected chi connectivity index (χ2v) is 6.11. The van der Waals surface area contributed by atoms with Crippen molar-refractivity contribution in [3.63, 3.8) is 0 Å². The standard InChI is InChI=1S/C13H7Cl3O2S/c14-9-3-1-2-7(12(9)16)6-8(13(17)18)10-4-5-11(15)19-10/h1-6H,(H,17,18)/b8-6-.